The van der Waals surface area contributed by atoms with Crippen LogP contribution in [0, 0.1) is 23.7 Å². The number of nitrogen functional groups attached to an aromatic ring is 1. The normalized spacial score (nSPS) is 36.7. The molecule has 0 aromatic heterocycles. The van der Waals surface area contributed by atoms with Gasteiger partial charge in [-0.3, -0.25) is 0 Å². The highest BCUT2D eigenvalue weighted by Gasteiger charge is 2.65. The molecule has 0 aliphatic heterocycles. The number of rotatable bonds is 4. The first-order chi connectivity index (χ1) is 10.0. The van der Waals surface area contributed by atoms with Gasteiger partial charge in [0.1, 0.15) is 0 Å². The molecule has 114 valence electrons. The molecule has 4 rings (SSSR count). The van der Waals surface area contributed by atoms with Crippen molar-refractivity contribution >= 4 is 15.7 Å². The van der Waals surface area contributed by atoms with Crippen molar-refractivity contribution in [2.75, 3.05) is 5.73 Å². The van der Waals surface area contributed by atoms with E-state index in [1.807, 2.05) is 13.0 Å². The molecule has 1 aromatic carbocycles. The van der Waals surface area contributed by atoms with Crippen molar-refractivity contribution in [2.45, 2.75) is 43.5 Å². The van der Waals surface area contributed by atoms with Crippen LogP contribution in [0.25, 0.3) is 0 Å². The van der Waals surface area contributed by atoms with Crippen LogP contribution in [0.3, 0.4) is 0 Å². The van der Waals surface area contributed by atoms with E-state index in [0.29, 0.717) is 28.8 Å². The fourth-order valence-electron chi connectivity index (χ4n) is 4.84. The van der Waals surface area contributed by atoms with Crippen LogP contribution in [-0.4, -0.2) is 14.5 Å². The van der Waals surface area contributed by atoms with Gasteiger partial charge in [-0.05, 0) is 67.1 Å². The number of hydrogen-bond acceptors (Lipinski definition) is 3. The number of nitrogens with two attached hydrogens (primary N) is 1. The highest BCUT2D eigenvalue weighted by atomic mass is 32.2. The molecule has 4 nitrogen and oxygen atoms in total. The van der Waals surface area contributed by atoms with E-state index in [1.54, 1.807) is 12.1 Å². The Morgan fingerprint density at radius 3 is 2.52 bits per heavy atom. The molecular weight excluding hydrogens is 284 g/mol. The number of hydrogen-bond donors (Lipinski definition) is 2. The third kappa shape index (κ3) is 2.01. The van der Waals surface area contributed by atoms with Gasteiger partial charge in [-0.1, -0.05) is 13.0 Å². The Hall–Kier alpha value is -1.07. The molecule has 0 saturated heterocycles. The first-order valence-electron chi connectivity index (χ1n) is 7.92. The lowest BCUT2D eigenvalue weighted by Gasteiger charge is -2.14. The van der Waals surface area contributed by atoms with Gasteiger partial charge in [0.25, 0.3) is 0 Å². The highest BCUT2D eigenvalue weighted by molar-refractivity contribution is 7.89. The number of benzene rings is 1. The fraction of sp³-hybridized carbons (Fsp3) is 0.625. The SMILES string of the molecule is CCc1ccc(N)cc1S(=O)(=O)NC1C2C3CCC(C3)C12. The Morgan fingerprint density at radius 2 is 1.90 bits per heavy atom. The second kappa shape index (κ2) is 4.46. The van der Waals surface area contributed by atoms with Gasteiger partial charge in [0.05, 0.1) is 4.90 Å². The van der Waals surface area contributed by atoms with E-state index < -0.39 is 10.0 Å². The molecule has 3 fully saturated rings. The molecule has 3 aliphatic rings. The van der Waals surface area contributed by atoms with Crippen molar-refractivity contribution in [2.24, 2.45) is 23.7 Å². The Kier molecular flexibility index (Phi) is 2.89. The van der Waals surface area contributed by atoms with Crippen LogP contribution in [0.5, 0.6) is 0 Å². The molecule has 0 heterocycles. The van der Waals surface area contributed by atoms with E-state index in [4.69, 9.17) is 5.73 Å². The minimum Gasteiger partial charge on any atom is -0.399 e. The molecule has 21 heavy (non-hydrogen) atoms. The Bertz CT molecular complexity index is 670. The predicted octanol–water partition coefficient (Wildman–Crippen LogP) is 2.15. The van der Waals surface area contributed by atoms with Crippen LogP contribution < -0.4 is 10.5 Å². The summed E-state index contributed by atoms with van der Waals surface area (Å²) in [5.41, 5.74) is 7.12. The molecular formula is C16H22N2O2S. The topological polar surface area (TPSA) is 72.2 Å². The molecule has 0 spiro atoms. The molecule has 4 atom stereocenters. The minimum absolute atomic E-state index is 0.174. The quantitative estimate of drug-likeness (QED) is 0.837. The third-order valence-corrected chi connectivity index (χ3v) is 7.33. The van der Waals surface area contributed by atoms with Crippen molar-refractivity contribution in [3.8, 4) is 0 Å². The van der Waals surface area contributed by atoms with Crippen molar-refractivity contribution in [3.63, 3.8) is 0 Å². The second-order valence-corrected chi connectivity index (χ2v) is 8.54. The van der Waals surface area contributed by atoms with Gasteiger partial charge >= 0.3 is 0 Å². The standard InChI is InChI=1S/C16H22N2O2S/c1-2-9-5-6-12(17)8-13(9)21(19,20)18-16-14-10-3-4-11(7-10)15(14)16/h5-6,8,10-11,14-16,18H,2-4,7,17H2,1H3. The van der Waals surface area contributed by atoms with Gasteiger partial charge < -0.3 is 5.73 Å². The van der Waals surface area contributed by atoms with Gasteiger partial charge in [-0.2, -0.15) is 0 Å². The minimum atomic E-state index is -3.45. The van der Waals surface area contributed by atoms with E-state index in [-0.39, 0.29) is 6.04 Å². The van der Waals surface area contributed by atoms with Crippen LogP contribution in [-0.2, 0) is 16.4 Å². The van der Waals surface area contributed by atoms with Crippen molar-refractivity contribution in [1.29, 1.82) is 0 Å². The van der Waals surface area contributed by atoms with Crippen molar-refractivity contribution < 1.29 is 8.42 Å². The summed E-state index contributed by atoms with van der Waals surface area (Å²) in [7, 11) is -3.45. The predicted molar refractivity (Wildman–Crippen MR) is 82.2 cm³/mol. The summed E-state index contributed by atoms with van der Waals surface area (Å²) >= 11 is 0. The van der Waals surface area contributed by atoms with E-state index in [2.05, 4.69) is 4.72 Å². The lowest BCUT2D eigenvalue weighted by molar-refractivity contribution is 0.456. The molecule has 1 aromatic rings. The van der Waals surface area contributed by atoms with Crippen LogP contribution >= 0.6 is 0 Å². The third-order valence-electron chi connectivity index (χ3n) is 5.79. The molecule has 4 unspecified atom stereocenters. The summed E-state index contributed by atoms with van der Waals surface area (Å²) in [4.78, 5) is 0.363. The maximum atomic E-state index is 12.7. The first kappa shape index (κ1) is 13.6. The monoisotopic (exact) mass is 306 g/mol. The zero-order chi connectivity index (χ0) is 14.8. The largest absolute Gasteiger partial charge is 0.399 e. The average molecular weight is 306 g/mol. The summed E-state index contributed by atoms with van der Waals surface area (Å²) in [6.45, 7) is 1.97. The van der Waals surface area contributed by atoms with Gasteiger partial charge in [0.15, 0.2) is 0 Å². The van der Waals surface area contributed by atoms with E-state index in [0.717, 1.165) is 17.4 Å². The highest BCUT2D eigenvalue weighted by Crippen LogP contribution is 2.65. The molecule has 5 heteroatoms. The Balaban J connectivity index is 1.59. The lowest BCUT2D eigenvalue weighted by atomic mass is 10.0. The smallest absolute Gasteiger partial charge is 0.241 e. The molecule has 0 radical (unpaired) electrons. The summed E-state index contributed by atoms with van der Waals surface area (Å²) in [5.74, 6) is 2.73. The van der Waals surface area contributed by atoms with E-state index >= 15 is 0 Å². The summed E-state index contributed by atoms with van der Waals surface area (Å²) in [6, 6.07) is 5.35. The first-order valence-corrected chi connectivity index (χ1v) is 9.40. The maximum Gasteiger partial charge on any atom is 0.241 e. The number of sulfonamides is 1. The lowest BCUT2D eigenvalue weighted by Crippen LogP contribution is -2.30. The molecule has 3 aliphatic carbocycles. The van der Waals surface area contributed by atoms with Gasteiger partial charge in [-0.25, -0.2) is 13.1 Å². The fourth-order valence-corrected chi connectivity index (χ4v) is 6.49. The summed E-state index contributed by atoms with van der Waals surface area (Å²) in [5, 5.41) is 0. The zero-order valence-electron chi connectivity index (χ0n) is 12.2. The van der Waals surface area contributed by atoms with Gasteiger partial charge in [-0.15, -0.1) is 0 Å². The molecule has 2 bridgehead atoms. The van der Waals surface area contributed by atoms with Crippen LogP contribution in [0.1, 0.15) is 31.7 Å². The van der Waals surface area contributed by atoms with Gasteiger partial charge in [0.2, 0.25) is 10.0 Å². The number of aryl methyl sites for hydroxylation is 1. The summed E-state index contributed by atoms with van der Waals surface area (Å²) < 4.78 is 28.4. The van der Waals surface area contributed by atoms with Crippen LogP contribution in [0.2, 0.25) is 0 Å². The Labute approximate surface area is 126 Å². The van der Waals surface area contributed by atoms with Crippen molar-refractivity contribution in [3.05, 3.63) is 23.8 Å². The van der Waals surface area contributed by atoms with Crippen LogP contribution in [0.4, 0.5) is 5.69 Å². The van der Waals surface area contributed by atoms with E-state index in [1.165, 1.54) is 19.3 Å². The van der Waals surface area contributed by atoms with E-state index in [9.17, 15) is 8.42 Å². The number of anilines is 1. The maximum absolute atomic E-state index is 12.7. The molecule has 0 amide bonds. The van der Waals surface area contributed by atoms with Crippen LogP contribution in [0.15, 0.2) is 23.1 Å². The van der Waals surface area contributed by atoms with Gasteiger partial charge in [0, 0.05) is 11.7 Å². The number of nitrogens with one attached hydrogen (secondary N) is 1. The number of fused-ring (bicyclic) bond motifs is 5. The van der Waals surface area contributed by atoms with Crippen molar-refractivity contribution in [1.82, 2.24) is 4.72 Å². The Morgan fingerprint density at radius 1 is 1.24 bits per heavy atom. The second-order valence-electron chi connectivity index (χ2n) is 6.86. The molecule has 3 saturated carbocycles. The average Bonchev–Trinajstić information content (AvgIpc) is 2.85. The zero-order valence-corrected chi connectivity index (χ0v) is 13.1. The molecule has 3 N–H and O–H groups in total. The summed E-state index contributed by atoms with van der Waals surface area (Å²) in [6.07, 6.45) is 4.61.